The van der Waals surface area contributed by atoms with Gasteiger partial charge in [-0.15, -0.1) is 0 Å². The number of nitrogens with zero attached hydrogens (tertiary/aromatic N) is 1. The fourth-order valence-electron chi connectivity index (χ4n) is 2.84. The van der Waals surface area contributed by atoms with Gasteiger partial charge in [0.2, 0.25) is 0 Å². The van der Waals surface area contributed by atoms with Crippen molar-refractivity contribution in [1.82, 2.24) is 4.90 Å². The summed E-state index contributed by atoms with van der Waals surface area (Å²) in [5.41, 5.74) is 2.82. The second kappa shape index (κ2) is 6.01. The summed E-state index contributed by atoms with van der Waals surface area (Å²) < 4.78 is 0. The molecule has 98 valence electrons. The minimum absolute atomic E-state index is 0.167. The largest absolute Gasteiger partial charge is 0.480 e. The van der Waals surface area contributed by atoms with Crippen molar-refractivity contribution in [2.45, 2.75) is 38.6 Å². The Hall–Kier alpha value is -1.35. The van der Waals surface area contributed by atoms with Crippen LogP contribution in [0.2, 0.25) is 0 Å². The van der Waals surface area contributed by atoms with Crippen LogP contribution in [-0.2, 0) is 17.6 Å². The maximum absolute atomic E-state index is 10.9. The minimum Gasteiger partial charge on any atom is -0.480 e. The fraction of sp³-hybridized carbons (Fsp3) is 0.533. The summed E-state index contributed by atoms with van der Waals surface area (Å²) in [4.78, 5) is 13.1. The summed E-state index contributed by atoms with van der Waals surface area (Å²) in [6.07, 6.45) is 4.14. The van der Waals surface area contributed by atoms with Crippen LogP contribution in [-0.4, -0.2) is 35.1 Å². The lowest BCUT2D eigenvalue weighted by Gasteiger charge is -2.34. The maximum Gasteiger partial charge on any atom is 0.317 e. The van der Waals surface area contributed by atoms with Crippen LogP contribution in [0.1, 0.15) is 30.9 Å². The Morgan fingerprint density at radius 3 is 2.78 bits per heavy atom. The Morgan fingerprint density at radius 1 is 1.39 bits per heavy atom. The molecule has 0 unspecified atom stereocenters. The molecule has 18 heavy (non-hydrogen) atoms. The number of carboxylic acid groups (broad SMARTS) is 1. The van der Waals surface area contributed by atoms with Crippen LogP contribution >= 0.6 is 0 Å². The molecule has 1 N–H and O–H groups in total. The molecule has 1 aromatic rings. The molecular formula is C15H21NO2. The Kier molecular flexibility index (Phi) is 4.37. The molecule has 0 amide bonds. The van der Waals surface area contributed by atoms with Crippen molar-refractivity contribution in [3.8, 4) is 0 Å². The third-order valence-electron chi connectivity index (χ3n) is 3.69. The van der Waals surface area contributed by atoms with E-state index in [1.54, 1.807) is 0 Å². The van der Waals surface area contributed by atoms with E-state index in [2.05, 4.69) is 36.1 Å². The first kappa shape index (κ1) is 13.1. The number of hydrogen-bond donors (Lipinski definition) is 1. The lowest BCUT2D eigenvalue weighted by atomic mass is 9.87. The van der Waals surface area contributed by atoms with Crippen LogP contribution in [0.5, 0.6) is 0 Å². The van der Waals surface area contributed by atoms with Crippen LogP contribution in [0.4, 0.5) is 0 Å². The zero-order valence-corrected chi connectivity index (χ0v) is 10.9. The fourth-order valence-corrected chi connectivity index (χ4v) is 2.84. The molecule has 1 aromatic carbocycles. The van der Waals surface area contributed by atoms with Gasteiger partial charge in [-0.25, -0.2) is 0 Å². The number of carbonyl (C=O) groups is 1. The first-order valence-corrected chi connectivity index (χ1v) is 6.73. The lowest BCUT2D eigenvalue weighted by molar-refractivity contribution is -0.139. The molecule has 1 aliphatic carbocycles. The predicted octanol–water partition coefficient (Wildman–Crippen LogP) is 2.34. The highest BCUT2D eigenvalue weighted by Gasteiger charge is 2.24. The number of benzene rings is 1. The van der Waals surface area contributed by atoms with Crippen molar-refractivity contribution in [2.75, 3.05) is 13.1 Å². The van der Waals surface area contributed by atoms with Gasteiger partial charge in [-0.1, -0.05) is 31.2 Å². The third kappa shape index (κ3) is 3.10. The van der Waals surface area contributed by atoms with Gasteiger partial charge in [0.05, 0.1) is 6.54 Å². The highest BCUT2D eigenvalue weighted by atomic mass is 16.4. The van der Waals surface area contributed by atoms with Gasteiger partial charge >= 0.3 is 5.97 Å². The van der Waals surface area contributed by atoms with Crippen molar-refractivity contribution in [1.29, 1.82) is 0 Å². The van der Waals surface area contributed by atoms with Crippen molar-refractivity contribution in [3.63, 3.8) is 0 Å². The van der Waals surface area contributed by atoms with Crippen LogP contribution in [0, 0.1) is 0 Å². The van der Waals surface area contributed by atoms with E-state index < -0.39 is 5.97 Å². The average Bonchev–Trinajstić information content (AvgIpc) is 2.37. The van der Waals surface area contributed by atoms with Crippen LogP contribution < -0.4 is 0 Å². The summed E-state index contributed by atoms with van der Waals surface area (Å²) in [6.45, 7) is 3.14. The standard InChI is InChI=1S/C15H21NO2/c1-2-9-16(11-15(17)18)14-8-7-12-5-3-4-6-13(12)10-14/h3-6,14H,2,7-11H2,1H3,(H,17,18)/t14-/m1/s1. The topological polar surface area (TPSA) is 40.5 Å². The van der Waals surface area contributed by atoms with E-state index in [9.17, 15) is 4.79 Å². The number of hydrogen-bond acceptors (Lipinski definition) is 2. The summed E-state index contributed by atoms with van der Waals surface area (Å²) in [5, 5.41) is 8.99. The number of aliphatic carboxylic acids is 1. The molecule has 0 aliphatic heterocycles. The van der Waals surface area contributed by atoms with Gasteiger partial charge in [-0.2, -0.15) is 0 Å². The quantitative estimate of drug-likeness (QED) is 0.868. The predicted molar refractivity (Wildman–Crippen MR) is 71.8 cm³/mol. The summed E-state index contributed by atoms with van der Waals surface area (Å²) in [6, 6.07) is 8.90. The van der Waals surface area contributed by atoms with E-state index in [-0.39, 0.29) is 6.54 Å². The first-order valence-electron chi connectivity index (χ1n) is 6.73. The summed E-state index contributed by atoms with van der Waals surface area (Å²) in [5.74, 6) is -0.720. The van der Waals surface area contributed by atoms with E-state index in [4.69, 9.17) is 5.11 Å². The second-order valence-electron chi connectivity index (χ2n) is 5.03. The molecule has 3 nitrogen and oxygen atoms in total. The smallest absolute Gasteiger partial charge is 0.317 e. The molecule has 1 atom stereocenters. The summed E-state index contributed by atoms with van der Waals surface area (Å²) in [7, 11) is 0. The molecule has 0 saturated carbocycles. The molecule has 0 saturated heterocycles. The van der Waals surface area contributed by atoms with E-state index in [1.165, 1.54) is 11.1 Å². The van der Waals surface area contributed by atoms with Gasteiger partial charge in [0, 0.05) is 6.04 Å². The lowest BCUT2D eigenvalue weighted by Crippen LogP contribution is -2.42. The summed E-state index contributed by atoms with van der Waals surface area (Å²) >= 11 is 0. The SMILES string of the molecule is CCCN(CC(=O)O)[C@@H]1CCc2ccccc2C1. The van der Waals surface area contributed by atoms with Gasteiger partial charge in [0.1, 0.15) is 0 Å². The zero-order valence-electron chi connectivity index (χ0n) is 10.9. The molecule has 0 spiro atoms. The van der Waals surface area contributed by atoms with Gasteiger partial charge in [-0.3, -0.25) is 9.69 Å². The van der Waals surface area contributed by atoms with E-state index >= 15 is 0 Å². The highest BCUT2D eigenvalue weighted by molar-refractivity contribution is 5.69. The molecule has 3 heteroatoms. The zero-order chi connectivity index (χ0) is 13.0. The molecular weight excluding hydrogens is 226 g/mol. The number of aryl methyl sites for hydroxylation is 1. The van der Waals surface area contributed by atoms with Gasteiger partial charge in [0.15, 0.2) is 0 Å². The van der Waals surface area contributed by atoms with Crippen LogP contribution in [0.3, 0.4) is 0 Å². The highest BCUT2D eigenvalue weighted by Crippen LogP contribution is 2.24. The van der Waals surface area contributed by atoms with Crippen molar-refractivity contribution < 1.29 is 9.90 Å². The molecule has 0 aromatic heterocycles. The Bertz CT molecular complexity index is 417. The first-order chi connectivity index (χ1) is 8.70. The number of fused-ring (bicyclic) bond motifs is 1. The van der Waals surface area contributed by atoms with Gasteiger partial charge in [0.25, 0.3) is 0 Å². The third-order valence-corrected chi connectivity index (χ3v) is 3.69. The Labute approximate surface area is 108 Å². The van der Waals surface area contributed by atoms with Crippen LogP contribution in [0.25, 0.3) is 0 Å². The van der Waals surface area contributed by atoms with Gasteiger partial charge in [-0.05, 0) is 43.4 Å². The van der Waals surface area contributed by atoms with E-state index in [0.29, 0.717) is 6.04 Å². The number of rotatable bonds is 5. The molecule has 1 aliphatic rings. The van der Waals surface area contributed by atoms with Gasteiger partial charge < -0.3 is 5.11 Å². The Morgan fingerprint density at radius 2 is 2.11 bits per heavy atom. The second-order valence-corrected chi connectivity index (χ2v) is 5.03. The minimum atomic E-state index is -0.720. The molecule has 0 bridgehead atoms. The van der Waals surface area contributed by atoms with Crippen molar-refractivity contribution >= 4 is 5.97 Å². The molecule has 0 heterocycles. The monoisotopic (exact) mass is 247 g/mol. The van der Waals surface area contributed by atoms with Crippen LogP contribution in [0.15, 0.2) is 24.3 Å². The van der Waals surface area contributed by atoms with E-state index in [1.807, 2.05) is 0 Å². The Balaban J connectivity index is 2.07. The molecule has 0 radical (unpaired) electrons. The normalized spacial score (nSPS) is 18.7. The van der Waals surface area contributed by atoms with E-state index in [0.717, 1.165) is 32.2 Å². The van der Waals surface area contributed by atoms with Crippen molar-refractivity contribution in [2.24, 2.45) is 0 Å². The number of carboxylic acids is 1. The van der Waals surface area contributed by atoms with Crippen molar-refractivity contribution in [3.05, 3.63) is 35.4 Å². The molecule has 0 fully saturated rings. The maximum atomic E-state index is 10.9. The molecule has 2 rings (SSSR count). The average molecular weight is 247 g/mol.